The van der Waals surface area contributed by atoms with Gasteiger partial charge in [-0.05, 0) is 110 Å². The Hall–Kier alpha value is -1.31. The number of aliphatic hydroxyl groups is 1. The van der Waals surface area contributed by atoms with Crippen LogP contribution in [-0.2, 0) is 11.3 Å². The predicted octanol–water partition coefficient (Wildman–Crippen LogP) is 4.65. The smallest absolute Gasteiger partial charge is 0.157 e. The van der Waals surface area contributed by atoms with E-state index in [9.17, 15) is 9.90 Å². The fraction of sp³-hybridized carbons (Fsp3) is 0.760. The van der Waals surface area contributed by atoms with Crippen LogP contribution >= 0.6 is 11.6 Å². The lowest BCUT2D eigenvalue weighted by molar-refractivity contribution is -0.132. The number of halogens is 1. The van der Waals surface area contributed by atoms with E-state index in [0.29, 0.717) is 30.1 Å². The molecule has 4 aliphatic rings. The van der Waals surface area contributed by atoms with Gasteiger partial charge in [0.2, 0.25) is 0 Å². The van der Waals surface area contributed by atoms with E-state index in [1.54, 1.807) is 10.9 Å². The lowest BCUT2D eigenvalue weighted by Gasteiger charge is -2.56. The number of nitrogens with zero attached hydrogens (tertiary/aromatic N) is 2. The SMILES string of the molecule is C[C@]12CC[C@H]3[C@@H](CC[C@@H]4C[C@@](O)(C#CCl)CC[C@@H]43)[C@@H]1CC[C@@H]2C(=O)Cn1cccn1. The summed E-state index contributed by atoms with van der Waals surface area (Å²) in [6, 6.07) is 1.89. The Balaban J connectivity index is 1.31. The van der Waals surface area contributed by atoms with Crippen molar-refractivity contribution in [3.05, 3.63) is 18.5 Å². The standard InChI is InChI=1S/C25H33ClN2O2/c1-24-9-7-19-18-8-10-25(30,11-12-26)15-17(18)3-4-20(19)21(24)5-6-22(24)23(29)16-28-14-2-13-27-28/h2,13-14,17-22,30H,3-10,15-16H2,1H3/t17-,18+,19-,20-,21+,22-,24+,25+/m1/s1. The van der Waals surface area contributed by atoms with E-state index >= 15 is 0 Å². The van der Waals surface area contributed by atoms with Gasteiger partial charge in [0, 0.05) is 23.7 Å². The zero-order chi connectivity index (χ0) is 20.9. The normalized spacial score (nSPS) is 44.9. The Morgan fingerprint density at radius 1 is 1.17 bits per heavy atom. The van der Waals surface area contributed by atoms with Crippen LogP contribution in [0.4, 0.5) is 0 Å². The quantitative estimate of drug-likeness (QED) is 0.713. The molecule has 1 N–H and O–H groups in total. The van der Waals surface area contributed by atoms with Gasteiger partial charge >= 0.3 is 0 Å². The highest BCUT2D eigenvalue weighted by atomic mass is 35.5. The number of rotatable bonds is 3. The fourth-order valence-corrected chi connectivity index (χ4v) is 8.45. The molecule has 1 aromatic heterocycles. The average Bonchev–Trinajstić information content (AvgIpc) is 3.34. The summed E-state index contributed by atoms with van der Waals surface area (Å²) < 4.78 is 1.78. The molecular formula is C25H33ClN2O2. The van der Waals surface area contributed by atoms with Crippen molar-refractivity contribution >= 4 is 17.4 Å². The molecule has 0 bridgehead atoms. The van der Waals surface area contributed by atoms with E-state index in [1.807, 2.05) is 12.3 Å². The molecular weight excluding hydrogens is 396 g/mol. The summed E-state index contributed by atoms with van der Waals surface area (Å²) in [6.45, 7) is 2.83. The van der Waals surface area contributed by atoms with Gasteiger partial charge in [0.05, 0.1) is 6.54 Å². The summed E-state index contributed by atoms with van der Waals surface area (Å²) >= 11 is 5.62. The molecule has 4 saturated carbocycles. The van der Waals surface area contributed by atoms with Crippen LogP contribution in [0.15, 0.2) is 18.5 Å². The Morgan fingerprint density at radius 3 is 2.77 bits per heavy atom. The van der Waals surface area contributed by atoms with E-state index in [1.165, 1.54) is 32.1 Å². The lowest BCUT2D eigenvalue weighted by atomic mass is 9.49. The van der Waals surface area contributed by atoms with Crippen LogP contribution in [0.5, 0.6) is 0 Å². The first-order valence-corrected chi connectivity index (χ1v) is 12.2. The molecule has 4 fully saturated rings. The zero-order valence-electron chi connectivity index (χ0n) is 17.9. The van der Waals surface area contributed by atoms with Crippen molar-refractivity contribution in [2.24, 2.45) is 40.9 Å². The molecule has 0 saturated heterocycles. The van der Waals surface area contributed by atoms with Gasteiger partial charge < -0.3 is 5.11 Å². The topological polar surface area (TPSA) is 55.1 Å². The van der Waals surface area contributed by atoms with E-state index in [2.05, 4.69) is 23.3 Å². The van der Waals surface area contributed by atoms with Gasteiger partial charge in [-0.1, -0.05) is 12.8 Å². The Morgan fingerprint density at radius 2 is 2.00 bits per heavy atom. The second kappa shape index (κ2) is 7.68. The number of Topliss-reactive ketones (excluding diaryl/α,β-unsaturated/α-hetero) is 1. The molecule has 1 aromatic rings. The summed E-state index contributed by atoms with van der Waals surface area (Å²) in [5, 5.41) is 17.5. The van der Waals surface area contributed by atoms with E-state index in [0.717, 1.165) is 37.5 Å². The number of carbonyl (C=O) groups is 1. The molecule has 162 valence electrons. The monoisotopic (exact) mass is 428 g/mol. The highest BCUT2D eigenvalue weighted by molar-refractivity contribution is 6.30. The van der Waals surface area contributed by atoms with Crippen molar-refractivity contribution in [3.8, 4) is 11.3 Å². The Labute approximate surface area is 184 Å². The van der Waals surface area contributed by atoms with Crippen LogP contribution in [0.25, 0.3) is 0 Å². The van der Waals surface area contributed by atoms with Crippen LogP contribution in [0.1, 0.15) is 64.7 Å². The average molecular weight is 429 g/mol. The Kier molecular flexibility index (Phi) is 5.27. The highest BCUT2D eigenvalue weighted by Gasteiger charge is 2.58. The second-order valence-electron chi connectivity index (χ2n) is 10.8. The molecule has 0 unspecified atom stereocenters. The summed E-state index contributed by atoms with van der Waals surface area (Å²) in [7, 11) is 0. The van der Waals surface area contributed by atoms with E-state index < -0.39 is 5.60 Å². The summed E-state index contributed by atoms with van der Waals surface area (Å²) in [6.07, 6.45) is 13.3. The first-order valence-electron chi connectivity index (χ1n) is 11.8. The van der Waals surface area contributed by atoms with Crippen molar-refractivity contribution in [2.45, 2.75) is 76.9 Å². The van der Waals surface area contributed by atoms with Crippen LogP contribution < -0.4 is 0 Å². The molecule has 1 heterocycles. The number of hydrogen-bond donors (Lipinski definition) is 1. The molecule has 0 spiro atoms. The van der Waals surface area contributed by atoms with E-state index in [-0.39, 0.29) is 11.3 Å². The van der Waals surface area contributed by atoms with Crippen molar-refractivity contribution in [3.63, 3.8) is 0 Å². The largest absolute Gasteiger partial charge is 0.378 e. The zero-order valence-corrected chi connectivity index (χ0v) is 18.7. The van der Waals surface area contributed by atoms with Gasteiger partial charge in [0.25, 0.3) is 0 Å². The second-order valence-corrected chi connectivity index (χ2v) is 11.0. The third kappa shape index (κ3) is 3.33. The highest BCUT2D eigenvalue weighted by Crippen LogP contribution is 2.64. The summed E-state index contributed by atoms with van der Waals surface area (Å²) in [5.74, 6) is 6.89. The number of aromatic nitrogens is 2. The minimum atomic E-state index is -0.879. The lowest BCUT2D eigenvalue weighted by Crippen LogP contribution is -2.51. The van der Waals surface area contributed by atoms with Crippen molar-refractivity contribution in [2.75, 3.05) is 0 Å². The van der Waals surface area contributed by atoms with Gasteiger partial charge in [-0.3, -0.25) is 9.48 Å². The van der Waals surface area contributed by atoms with Crippen molar-refractivity contribution < 1.29 is 9.90 Å². The molecule has 0 aliphatic heterocycles. The first kappa shape index (κ1) is 20.6. The minimum Gasteiger partial charge on any atom is -0.378 e. The molecule has 0 radical (unpaired) electrons. The maximum absolute atomic E-state index is 13.2. The molecule has 5 heteroatoms. The minimum absolute atomic E-state index is 0.151. The van der Waals surface area contributed by atoms with Gasteiger partial charge in [-0.25, -0.2) is 0 Å². The molecule has 30 heavy (non-hydrogen) atoms. The molecule has 0 amide bonds. The number of carbonyl (C=O) groups excluding carboxylic acids is 1. The maximum atomic E-state index is 13.2. The van der Waals surface area contributed by atoms with Crippen LogP contribution in [0.2, 0.25) is 0 Å². The third-order valence-corrected chi connectivity index (χ3v) is 9.65. The molecule has 8 atom stereocenters. The molecule has 0 aromatic carbocycles. The van der Waals surface area contributed by atoms with Crippen LogP contribution in [0.3, 0.4) is 0 Å². The van der Waals surface area contributed by atoms with E-state index in [4.69, 9.17) is 11.6 Å². The summed E-state index contributed by atoms with van der Waals surface area (Å²) in [4.78, 5) is 13.2. The number of fused-ring (bicyclic) bond motifs is 5. The molecule has 4 nitrogen and oxygen atoms in total. The first-order chi connectivity index (χ1) is 14.4. The summed E-state index contributed by atoms with van der Waals surface area (Å²) in [5.41, 5.74) is -0.728. The van der Waals surface area contributed by atoms with Crippen molar-refractivity contribution in [1.82, 2.24) is 9.78 Å². The van der Waals surface area contributed by atoms with Gasteiger partial charge in [-0.2, -0.15) is 5.10 Å². The van der Waals surface area contributed by atoms with Gasteiger partial charge in [-0.15, -0.1) is 0 Å². The predicted molar refractivity (Wildman–Crippen MR) is 116 cm³/mol. The fourth-order valence-electron chi connectivity index (χ4n) is 8.27. The van der Waals surface area contributed by atoms with Crippen molar-refractivity contribution in [1.29, 1.82) is 0 Å². The van der Waals surface area contributed by atoms with Gasteiger partial charge in [0.15, 0.2) is 5.78 Å². The Bertz CT molecular complexity index is 858. The van der Waals surface area contributed by atoms with Crippen LogP contribution in [-0.4, -0.2) is 26.3 Å². The third-order valence-electron chi connectivity index (χ3n) is 9.56. The number of ketones is 1. The number of hydrogen-bond acceptors (Lipinski definition) is 3. The van der Waals surface area contributed by atoms with Crippen LogP contribution in [0, 0.1) is 52.2 Å². The molecule has 4 aliphatic carbocycles. The molecule has 5 rings (SSSR count). The maximum Gasteiger partial charge on any atom is 0.157 e. The van der Waals surface area contributed by atoms with Gasteiger partial charge in [0.1, 0.15) is 5.60 Å².